The van der Waals surface area contributed by atoms with Gasteiger partial charge in [0.2, 0.25) is 17.3 Å². The summed E-state index contributed by atoms with van der Waals surface area (Å²) < 4.78 is 83.3. The lowest BCUT2D eigenvalue weighted by molar-refractivity contribution is -0.782. The van der Waals surface area contributed by atoms with Gasteiger partial charge in [0.15, 0.2) is 21.6 Å². The van der Waals surface area contributed by atoms with Gasteiger partial charge in [-0.3, -0.25) is 4.55 Å². The normalized spacial score (nSPS) is 15.0. The summed E-state index contributed by atoms with van der Waals surface area (Å²) in [6, 6.07) is 29.8. The summed E-state index contributed by atoms with van der Waals surface area (Å²) in [5, 5.41) is 0. The number of benzene rings is 4. The molecule has 53 heavy (non-hydrogen) atoms. The van der Waals surface area contributed by atoms with Gasteiger partial charge in [0, 0.05) is 55.4 Å². The van der Waals surface area contributed by atoms with E-state index in [4.69, 9.17) is 9.15 Å². The first-order valence-corrected chi connectivity index (χ1v) is 26.1. The van der Waals surface area contributed by atoms with Gasteiger partial charge in [-0.2, -0.15) is 8.42 Å². The molecule has 1 unspecified atom stereocenters. The monoisotopic (exact) mass is 986 g/mol. The van der Waals surface area contributed by atoms with Crippen LogP contribution in [-0.4, -0.2) is 56.9 Å². The molecule has 1 aromatic heterocycles. The Morgan fingerprint density at radius 1 is 0.849 bits per heavy atom. The summed E-state index contributed by atoms with van der Waals surface area (Å²) in [6.45, 7) is 8.49. The predicted molar refractivity (Wildman–Crippen MR) is 224 cm³/mol. The predicted octanol–water partition coefficient (Wildman–Crippen LogP) is 7.38. The average Bonchev–Trinajstić information content (AvgIpc) is 3.66. The summed E-state index contributed by atoms with van der Waals surface area (Å²) in [7, 11) is -7.03. The maximum atomic E-state index is 12.1. The molecule has 6 rings (SSSR count). The molecule has 0 aliphatic carbocycles. The summed E-state index contributed by atoms with van der Waals surface area (Å²) in [5.74, 6) is -0.780. The molecule has 5 aromatic rings. The zero-order chi connectivity index (χ0) is 38.8. The highest BCUT2D eigenvalue weighted by molar-refractivity contribution is 15.0. The molecule has 2 N–H and O–H groups in total. The van der Waals surface area contributed by atoms with Gasteiger partial charge in [-0.25, -0.2) is 13.3 Å². The summed E-state index contributed by atoms with van der Waals surface area (Å²) >= 11 is 4.24. The number of nitrogens with one attached hydrogen (secondary N) is 1. The summed E-state index contributed by atoms with van der Waals surface area (Å²) in [4.78, 5) is 2.52. The number of hydrogen-bond acceptors (Lipinski definition) is 8. The fourth-order valence-electron chi connectivity index (χ4n) is 5.53. The highest BCUT2D eigenvalue weighted by Crippen LogP contribution is 2.33. The Morgan fingerprint density at radius 2 is 1.42 bits per heavy atom. The van der Waals surface area contributed by atoms with Crippen LogP contribution in [0.15, 0.2) is 119 Å². The van der Waals surface area contributed by atoms with Crippen LogP contribution < -0.4 is 14.2 Å². The summed E-state index contributed by atoms with van der Waals surface area (Å²) in [6.07, 6.45) is 3.63. The molecule has 1 atom stereocenters. The number of fused-ring (bicyclic) bond motifs is 2. The van der Waals surface area contributed by atoms with E-state index in [1.807, 2.05) is 85.8 Å². The van der Waals surface area contributed by atoms with E-state index in [0.29, 0.717) is 34.5 Å². The Hall–Kier alpha value is -3.17. The highest BCUT2D eigenvalue weighted by Gasteiger charge is 2.36. The third-order valence-electron chi connectivity index (χ3n) is 8.49. The topological polar surface area (TPSA) is 146 Å². The molecule has 15 heteroatoms. The summed E-state index contributed by atoms with van der Waals surface area (Å²) in [5.41, 5.74) is 5.40. The van der Waals surface area contributed by atoms with Crippen molar-refractivity contribution in [2.75, 3.05) is 26.0 Å². The van der Waals surface area contributed by atoms with Gasteiger partial charge in [-0.05, 0) is 66.5 Å². The van der Waals surface area contributed by atoms with Gasteiger partial charge in [0.25, 0.3) is 5.52 Å². The van der Waals surface area contributed by atoms with Crippen molar-refractivity contribution in [1.29, 1.82) is 0 Å². The molecule has 0 radical (unpaired) electrons. The Balaban J connectivity index is 0.000000714. The van der Waals surface area contributed by atoms with Gasteiger partial charge in [-0.15, -0.1) is 4.57 Å². The van der Waals surface area contributed by atoms with Crippen molar-refractivity contribution in [3.8, 4) is 28.0 Å². The number of allylic oxidation sites excluding steroid dienone is 2. The van der Waals surface area contributed by atoms with Crippen molar-refractivity contribution in [2.45, 2.75) is 33.1 Å². The molecule has 0 saturated heterocycles. The number of aromatic nitrogens is 1. The minimum Gasteiger partial charge on any atom is -0.743 e. The molecule has 11 nitrogen and oxygen atoms in total. The van der Waals surface area contributed by atoms with Crippen LogP contribution >= 0.6 is 37.2 Å². The Labute approximate surface area is 334 Å². The quantitative estimate of drug-likeness (QED) is 0.0788. The smallest absolute Gasteiger partial charge is 0.375 e. The molecule has 0 amide bonds. The maximum Gasteiger partial charge on any atom is 0.375 e. The second kappa shape index (κ2) is 19.4. The first kappa shape index (κ1) is 42.6. The van der Waals surface area contributed by atoms with Crippen LogP contribution in [0.5, 0.6) is 5.75 Å². The lowest BCUT2D eigenvalue weighted by Crippen LogP contribution is -3.05. The van der Waals surface area contributed by atoms with Crippen molar-refractivity contribution in [3.05, 3.63) is 120 Å². The highest BCUT2D eigenvalue weighted by atomic mass is 128. The Morgan fingerprint density at radius 3 is 1.92 bits per heavy atom. The number of hydrogen-bond donors (Lipinski definition) is 2. The molecule has 282 valence electrons. The van der Waals surface area contributed by atoms with Crippen molar-refractivity contribution in [2.24, 2.45) is 0 Å². The van der Waals surface area contributed by atoms with E-state index in [9.17, 15) is 25.9 Å². The first-order chi connectivity index (χ1) is 25.3. The van der Waals surface area contributed by atoms with Crippen LogP contribution in [0.1, 0.15) is 33.1 Å². The van der Waals surface area contributed by atoms with Crippen molar-refractivity contribution >= 4 is 80.3 Å². The number of rotatable bonds is 11. The number of quaternary nitrogens is 1. The number of nitrogens with zero attached hydrogens (tertiary/aromatic N) is 2. The van der Waals surface area contributed by atoms with E-state index in [1.165, 1.54) is 4.57 Å². The number of ether oxygens (including phenoxy) is 1. The average molecular weight is 987 g/mol. The zero-order valence-corrected chi connectivity index (χ0v) is 35.6. The first-order valence-electron chi connectivity index (χ1n) is 16.7. The van der Waals surface area contributed by atoms with Crippen LogP contribution in [0.2, 0.25) is 0 Å². The second-order valence-corrected chi connectivity index (χ2v) is 14.9. The number of halogens is 2. The van der Waals surface area contributed by atoms with E-state index in [1.54, 1.807) is 30.4 Å². The van der Waals surface area contributed by atoms with Crippen molar-refractivity contribution < 1.29 is 44.6 Å². The molecule has 4 aromatic carbocycles. The van der Waals surface area contributed by atoms with Crippen LogP contribution in [0.4, 0.5) is 5.69 Å². The SMILES string of the molecule is CCC(=C\c1oc2ccc(-c3ccccc3)cc2[n+]1CS(=O)(=O)[O-])/C=C1/Oc2ccc(-c3ccccc3)cc2[NH+]1CS(=O)(=O)O.CCN(C)CC.II. The lowest BCUT2D eigenvalue weighted by Gasteiger charge is -2.11. The molecular formula is C38H42I2N3O8S2+. The van der Waals surface area contributed by atoms with E-state index in [0.717, 1.165) is 35.3 Å². The van der Waals surface area contributed by atoms with Gasteiger partial charge in [-0.1, -0.05) is 93.6 Å². The molecule has 0 saturated carbocycles. The fourth-order valence-corrected chi connectivity index (χ4v) is 6.78. The zero-order valence-electron chi connectivity index (χ0n) is 29.7. The standard InChI is InChI=1S/C33H28N2O8S2.C5H13N.I2/c1-2-23(17-32-34(21-44(36,37)38)28-19-26(13-15-30(28)42-32)24-9-5-3-6-10-24)18-33-35(22-45(39,40)41)29-20-27(14-16-31(29)43-33)25-11-7-4-8-12-25;1-4-6(3)5-2;1-2/h3-20H,2,21-22H2,1H3,(H-,36,37,38,39,40,41);4-5H2,1-3H3;/p+1. The van der Waals surface area contributed by atoms with Gasteiger partial charge >= 0.3 is 21.9 Å². The Bertz CT molecular complexity index is 2280. The minimum atomic E-state index is -4.71. The van der Waals surface area contributed by atoms with E-state index < -0.39 is 32.0 Å². The van der Waals surface area contributed by atoms with E-state index in [-0.39, 0.29) is 16.7 Å². The maximum absolute atomic E-state index is 12.1. The number of oxazole rings is 1. The third kappa shape index (κ3) is 11.9. The Kier molecular flexibility index (Phi) is 15.6. The molecule has 1 aliphatic heterocycles. The van der Waals surface area contributed by atoms with Crippen LogP contribution in [0.3, 0.4) is 0 Å². The fraction of sp³-hybridized carbons (Fsp3) is 0.237. The van der Waals surface area contributed by atoms with Crippen LogP contribution in [-0.2, 0) is 26.1 Å². The third-order valence-corrected chi connectivity index (χ3v) is 9.72. The second-order valence-electron chi connectivity index (χ2n) is 12.1. The van der Waals surface area contributed by atoms with E-state index >= 15 is 0 Å². The van der Waals surface area contributed by atoms with Gasteiger partial charge < -0.3 is 18.6 Å². The van der Waals surface area contributed by atoms with E-state index in [2.05, 4.69) is 63.0 Å². The van der Waals surface area contributed by atoms with Gasteiger partial charge in [0.05, 0.1) is 6.08 Å². The molecule has 0 fully saturated rings. The van der Waals surface area contributed by atoms with Crippen LogP contribution in [0, 0.1) is 0 Å². The molecule has 0 bridgehead atoms. The van der Waals surface area contributed by atoms with Crippen LogP contribution in [0.25, 0.3) is 39.4 Å². The van der Waals surface area contributed by atoms with Gasteiger partial charge in [0.1, 0.15) is 0 Å². The van der Waals surface area contributed by atoms with Crippen molar-refractivity contribution in [3.63, 3.8) is 0 Å². The molecule has 2 heterocycles. The van der Waals surface area contributed by atoms with Crippen molar-refractivity contribution in [1.82, 2.24) is 4.90 Å². The minimum absolute atomic E-state index is 0.113. The molecule has 1 aliphatic rings. The largest absolute Gasteiger partial charge is 0.743 e. The lowest BCUT2D eigenvalue weighted by atomic mass is 10.0. The molecular weight excluding hydrogens is 944 g/mol. The molecule has 0 spiro atoms.